The number of benzene rings is 1. The quantitative estimate of drug-likeness (QED) is 0.823. The number of nitrogens with two attached hydrogens (primary N) is 1. The molecule has 0 radical (unpaired) electrons. The minimum atomic E-state index is -4.80. The third kappa shape index (κ3) is 3.43. The summed E-state index contributed by atoms with van der Waals surface area (Å²) in [6, 6.07) is -0.347. The van der Waals surface area contributed by atoms with Crippen molar-refractivity contribution in [1.82, 2.24) is 0 Å². The van der Waals surface area contributed by atoms with E-state index < -0.39 is 40.9 Å². The van der Waals surface area contributed by atoms with Gasteiger partial charge in [0.25, 0.3) is 0 Å². The van der Waals surface area contributed by atoms with Crippen molar-refractivity contribution < 1.29 is 22.0 Å². The van der Waals surface area contributed by atoms with Crippen LogP contribution in [0, 0.1) is 5.82 Å². The highest BCUT2D eigenvalue weighted by Gasteiger charge is 2.36. The first kappa shape index (κ1) is 16.4. The van der Waals surface area contributed by atoms with E-state index in [0.717, 1.165) is 6.07 Å². The molecule has 0 unspecified atom stereocenters. The molecule has 0 aliphatic rings. The third-order valence-electron chi connectivity index (χ3n) is 1.98. The van der Waals surface area contributed by atoms with Crippen LogP contribution in [0.1, 0.15) is 17.2 Å². The molecular weight excluding hydrogens is 288 g/mol. The van der Waals surface area contributed by atoms with Gasteiger partial charge < -0.3 is 5.73 Å². The number of halogens is 7. The van der Waals surface area contributed by atoms with Gasteiger partial charge in [-0.2, -0.15) is 13.2 Å². The molecule has 1 aromatic carbocycles. The monoisotopic (exact) mass is 295 g/mol. The molecule has 1 rings (SSSR count). The smallest absolute Gasteiger partial charge is 0.322 e. The van der Waals surface area contributed by atoms with Gasteiger partial charge in [-0.25, -0.2) is 8.78 Å². The highest BCUT2D eigenvalue weighted by molar-refractivity contribution is 6.30. The van der Waals surface area contributed by atoms with Crippen LogP contribution >= 0.6 is 24.0 Å². The standard InChI is InChI=1S/C9H7ClF5N.ClH/c10-5-2-1-4(9(13,14)15)7(8(5)12)6(16)3-11;/h1-2,6H,3,16H2;1H/t6-;/m1./s1. The summed E-state index contributed by atoms with van der Waals surface area (Å²) in [5.41, 5.74) is 2.84. The first-order valence-electron chi connectivity index (χ1n) is 4.15. The van der Waals surface area contributed by atoms with Crippen LogP contribution < -0.4 is 5.73 Å². The van der Waals surface area contributed by atoms with Crippen LogP contribution in [0.4, 0.5) is 22.0 Å². The predicted molar refractivity (Wildman–Crippen MR) is 56.6 cm³/mol. The highest BCUT2D eigenvalue weighted by atomic mass is 35.5. The largest absolute Gasteiger partial charge is 0.416 e. The summed E-state index contributed by atoms with van der Waals surface area (Å²) in [6.45, 7) is -1.31. The maximum absolute atomic E-state index is 13.4. The number of rotatable bonds is 2. The lowest BCUT2D eigenvalue weighted by molar-refractivity contribution is -0.138. The molecule has 0 amide bonds. The molecule has 0 aliphatic carbocycles. The third-order valence-corrected chi connectivity index (χ3v) is 2.27. The van der Waals surface area contributed by atoms with Gasteiger partial charge in [0.1, 0.15) is 12.5 Å². The molecule has 0 saturated heterocycles. The molecule has 1 nitrogen and oxygen atoms in total. The number of hydrogen-bond acceptors (Lipinski definition) is 1. The fourth-order valence-corrected chi connectivity index (χ4v) is 1.42. The minimum Gasteiger partial charge on any atom is -0.322 e. The SMILES string of the molecule is Cl.N[C@H](CF)c1c(C(F)(F)F)ccc(Cl)c1F. The van der Waals surface area contributed by atoms with Crippen molar-refractivity contribution in [3.63, 3.8) is 0 Å². The Kier molecular flexibility index (Phi) is 5.64. The first-order valence-corrected chi connectivity index (χ1v) is 4.53. The van der Waals surface area contributed by atoms with Crippen molar-refractivity contribution in [2.75, 3.05) is 6.67 Å². The van der Waals surface area contributed by atoms with Crippen molar-refractivity contribution in [3.05, 3.63) is 34.1 Å². The molecule has 1 aromatic rings. The van der Waals surface area contributed by atoms with Crippen LogP contribution in [0.25, 0.3) is 0 Å². The Balaban J connectivity index is 0.00000256. The predicted octanol–water partition coefficient (Wildman–Crippen LogP) is 3.89. The lowest BCUT2D eigenvalue weighted by Crippen LogP contribution is -2.20. The van der Waals surface area contributed by atoms with Gasteiger partial charge in [0, 0.05) is 5.56 Å². The van der Waals surface area contributed by atoms with E-state index in [4.69, 9.17) is 17.3 Å². The van der Waals surface area contributed by atoms with Crippen LogP contribution in [-0.4, -0.2) is 6.67 Å². The second-order valence-electron chi connectivity index (χ2n) is 3.08. The van der Waals surface area contributed by atoms with Crippen LogP contribution in [0.2, 0.25) is 5.02 Å². The molecule has 2 N–H and O–H groups in total. The number of alkyl halides is 4. The zero-order chi connectivity index (χ0) is 12.5. The second kappa shape index (κ2) is 5.84. The summed E-state index contributed by atoms with van der Waals surface area (Å²) < 4.78 is 63.0. The Morgan fingerprint density at radius 2 is 1.82 bits per heavy atom. The Bertz CT molecular complexity index is 394. The average Bonchev–Trinajstić information content (AvgIpc) is 2.19. The van der Waals surface area contributed by atoms with E-state index in [1.807, 2.05) is 0 Å². The van der Waals surface area contributed by atoms with Crippen molar-refractivity contribution >= 4 is 24.0 Å². The summed E-state index contributed by atoms with van der Waals surface area (Å²) in [5.74, 6) is -1.33. The van der Waals surface area contributed by atoms with E-state index in [9.17, 15) is 22.0 Å². The fourth-order valence-electron chi connectivity index (χ4n) is 1.25. The summed E-state index contributed by atoms with van der Waals surface area (Å²) >= 11 is 5.32. The van der Waals surface area contributed by atoms with Crippen molar-refractivity contribution in [1.29, 1.82) is 0 Å². The molecule has 0 bridgehead atoms. The molecule has 0 saturated carbocycles. The molecule has 0 spiro atoms. The van der Waals surface area contributed by atoms with Gasteiger partial charge >= 0.3 is 6.18 Å². The van der Waals surface area contributed by atoms with Crippen molar-refractivity contribution in [2.45, 2.75) is 12.2 Å². The minimum absolute atomic E-state index is 0. The maximum Gasteiger partial charge on any atom is 0.416 e. The Labute approximate surface area is 105 Å². The van der Waals surface area contributed by atoms with Gasteiger partial charge in [0.2, 0.25) is 0 Å². The van der Waals surface area contributed by atoms with Crippen molar-refractivity contribution in [3.8, 4) is 0 Å². The zero-order valence-electron chi connectivity index (χ0n) is 8.19. The molecule has 8 heteroatoms. The van der Waals surface area contributed by atoms with Gasteiger partial charge in [0.15, 0.2) is 0 Å². The van der Waals surface area contributed by atoms with E-state index in [2.05, 4.69) is 0 Å². The molecule has 0 heterocycles. The van der Waals surface area contributed by atoms with Crippen LogP contribution in [0.15, 0.2) is 12.1 Å². The van der Waals surface area contributed by atoms with Gasteiger partial charge in [-0.1, -0.05) is 11.6 Å². The maximum atomic E-state index is 13.4. The Morgan fingerprint density at radius 3 is 2.24 bits per heavy atom. The Hall–Kier alpha value is -0.590. The molecular formula is C9H8Cl2F5N. The van der Waals surface area contributed by atoms with Crippen LogP contribution in [0.3, 0.4) is 0 Å². The highest BCUT2D eigenvalue weighted by Crippen LogP contribution is 2.37. The fraction of sp³-hybridized carbons (Fsp3) is 0.333. The molecule has 17 heavy (non-hydrogen) atoms. The molecule has 98 valence electrons. The molecule has 0 fully saturated rings. The summed E-state index contributed by atoms with van der Waals surface area (Å²) in [5, 5.41) is -0.521. The molecule has 1 atom stereocenters. The van der Waals surface area contributed by atoms with Crippen molar-refractivity contribution in [2.24, 2.45) is 5.73 Å². The average molecular weight is 296 g/mol. The van der Waals surface area contributed by atoms with E-state index in [1.165, 1.54) is 0 Å². The summed E-state index contributed by atoms with van der Waals surface area (Å²) in [7, 11) is 0. The van der Waals surface area contributed by atoms with Gasteiger partial charge in [-0.3, -0.25) is 0 Å². The molecule has 0 aliphatic heterocycles. The number of hydrogen-bond donors (Lipinski definition) is 1. The van der Waals surface area contributed by atoms with Crippen LogP contribution in [0.5, 0.6) is 0 Å². The van der Waals surface area contributed by atoms with E-state index in [-0.39, 0.29) is 12.4 Å². The first-order chi connectivity index (χ1) is 7.29. The Morgan fingerprint density at radius 1 is 1.29 bits per heavy atom. The van der Waals surface area contributed by atoms with E-state index in [1.54, 1.807) is 0 Å². The van der Waals surface area contributed by atoms with E-state index in [0.29, 0.717) is 6.07 Å². The van der Waals surface area contributed by atoms with Crippen LogP contribution in [-0.2, 0) is 6.18 Å². The molecule has 0 aromatic heterocycles. The normalized spacial score (nSPS) is 13.1. The lowest BCUT2D eigenvalue weighted by atomic mass is 10.0. The lowest BCUT2D eigenvalue weighted by Gasteiger charge is -2.17. The summed E-state index contributed by atoms with van der Waals surface area (Å²) in [6.07, 6.45) is -4.80. The van der Waals surface area contributed by atoms with E-state index >= 15 is 0 Å². The van der Waals surface area contributed by atoms with Gasteiger partial charge in [-0.05, 0) is 12.1 Å². The second-order valence-corrected chi connectivity index (χ2v) is 3.49. The van der Waals surface area contributed by atoms with Gasteiger partial charge in [0.05, 0.1) is 16.6 Å². The topological polar surface area (TPSA) is 26.0 Å². The zero-order valence-corrected chi connectivity index (χ0v) is 9.76. The van der Waals surface area contributed by atoms with Gasteiger partial charge in [-0.15, -0.1) is 12.4 Å². The summed E-state index contributed by atoms with van der Waals surface area (Å²) in [4.78, 5) is 0.